The summed E-state index contributed by atoms with van der Waals surface area (Å²) in [6.07, 6.45) is -9.19. The first kappa shape index (κ1) is 26.5. The highest BCUT2D eigenvalue weighted by molar-refractivity contribution is 5.98. The molecule has 4 rings (SSSR count). The van der Waals surface area contributed by atoms with Gasteiger partial charge in [-0.3, -0.25) is 4.79 Å². The molecule has 194 valence electrons. The van der Waals surface area contributed by atoms with Crippen LogP contribution in [0.2, 0.25) is 0 Å². The Morgan fingerprint density at radius 3 is 1.95 bits per heavy atom. The van der Waals surface area contributed by atoms with Crippen LogP contribution in [0.15, 0.2) is 71.5 Å². The fourth-order valence-electron chi connectivity index (χ4n) is 4.42. The molecule has 0 saturated heterocycles. The number of nitrogens with zero attached hydrogens (tertiary/aromatic N) is 1. The smallest absolute Gasteiger partial charge is 0.371 e. The molecule has 1 aromatic heterocycles. The van der Waals surface area contributed by atoms with E-state index in [9.17, 15) is 31.1 Å². The van der Waals surface area contributed by atoms with Gasteiger partial charge >= 0.3 is 12.4 Å². The number of fused-ring (bicyclic) bond motifs is 1. The molecule has 0 bridgehead atoms. The van der Waals surface area contributed by atoms with Crippen LogP contribution in [0.25, 0.3) is 21.9 Å². The topological polar surface area (TPSA) is 31.2 Å². The van der Waals surface area contributed by atoms with Crippen LogP contribution < -0.4 is 5.56 Å². The van der Waals surface area contributed by atoms with Gasteiger partial charge in [-0.15, -0.1) is 0 Å². The maximum absolute atomic E-state index is 13.2. The Kier molecular flexibility index (Phi) is 7.19. The van der Waals surface area contributed by atoms with Gasteiger partial charge in [0.15, 0.2) is 0 Å². The standard InChI is InChI=1S/C28H23F6NO2/c1-3-18-8-4-5-9-21(18)25-22-10-6-7-11-23(22)26(36)35(2)24(25)16-37-15-17-12-19(27(29,30)31)14-20(13-17)28(32,33)34/h4-14H,3,15-16H2,1-2H3. The van der Waals surface area contributed by atoms with Crippen molar-refractivity contribution < 1.29 is 31.1 Å². The first-order valence-electron chi connectivity index (χ1n) is 11.5. The SMILES string of the molecule is CCc1ccccc1-c1c(COCc2cc(C(F)(F)F)cc(C(F)(F)F)c2)n(C)c(=O)c2ccccc12. The predicted molar refractivity (Wildman–Crippen MR) is 129 cm³/mol. The number of aryl methyl sites for hydroxylation is 1. The number of hydrogen-bond acceptors (Lipinski definition) is 2. The molecule has 0 saturated carbocycles. The van der Waals surface area contributed by atoms with E-state index in [0.29, 0.717) is 35.0 Å². The van der Waals surface area contributed by atoms with Crippen LogP contribution in [0.1, 0.15) is 34.9 Å². The zero-order valence-electron chi connectivity index (χ0n) is 20.0. The normalized spacial score (nSPS) is 12.3. The van der Waals surface area contributed by atoms with Gasteiger partial charge in [0, 0.05) is 18.0 Å². The Morgan fingerprint density at radius 2 is 1.35 bits per heavy atom. The summed E-state index contributed by atoms with van der Waals surface area (Å²) in [6, 6.07) is 16.1. The van der Waals surface area contributed by atoms with Crippen LogP contribution in [-0.4, -0.2) is 4.57 Å². The summed E-state index contributed by atoms with van der Waals surface area (Å²) in [6.45, 7) is 1.27. The molecule has 0 amide bonds. The molecule has 0 aliphatic carbocycles. The first-order valence-corrected chi connectivity index (χ1v) is 11.5. The summed E-state index contributed by atoms with van der Waals surface area (Å²) in [5.41, 5.74) is -0.293. The van der Waals surface area contributed by atoms with E-state index >= 15 is 0 Å². The van der Waals surface area contributed by atoms with Gasteiger partial charge in [-0.05, 0) is 52.8 Å². The third-order valence-electron chi connectivity index (χ3n) is 6.25. The molecule has 0 atom stereocenters. The van der Waals surface area contributed by atoms with Gasteiger partial charge < -0.3 is 9.30 Å². The molecular formula is C28H23F6NO2. The Bertz CT molecular complexity index is 1470. The highest BCUT2D eigenvalue weighted by Crippen LogP contribution is 2.37. The van der Waals surface area contributed by atoms with Crippen molar-refractivity contribution in [1.82, 2.24) is 4.57 Å². The van der Waals surface area contributed by atoms with E-state index < -0.39 is 30.1 Å². The number of hydrogen-bond donors (Lipinski definition) is 0. The van der Waals surface area contributed by atoms with E-state index in [1.54, 1.807) is 25.2 Å². The van der Waals surface area contributed by atoms with Crippen molar-refractivity contribution in [3.63, 3.8) is 0 Å². The van der Waals surface area contributed by atoms with Gasteiger partial charge in [-0.25, -0.2) is 0 Å². The lowest BCUT2D eigenvalue weighted by atomic mass is 9.92. The van der Waals surface area contributed by atoms with E-state index in [-0.39, 0.29) is 23.8 Å². The molecule has 1 heterocycles. The minimum atomic E-state index is -4.95. The summed E-state index contributed by atoms with van der Waals surface area (Å²) in [5.74, 6) is 0. The van der Waals surface area contributed by atoms with Gasteiger partial charge in [0.25, 0.3) is 5.56 Å². The Balaban J connectivity index is 1.78. The predicted octanol–water partition coefficient (Wildman–Crippen LogP) is 7.52. The number of halogens is 6. The number of alkyl halides is 6. The molecular weight excluding hydrogens is 496 g/mol. The second kappa shape index (κ2) is 10.0. The van der Waals surface area contributed by atoms with Crippen molar-refractivity contribution >= 4 is 10.8 Å². The molecule has 0 aliphatic rings. The Morgan fingerprint density at radius 1 is 0.784 bits per heavy atom. The summed E-state index contributed by atoms with van der Waals surface area (Å²) in [5, 5.41) is 1.17. The van der Waals surface area contributed by atoms with Crippen molar-refractivity contribution in [2.45, 2.75) is 38.9 Å². The molecule has 0 N–H and O–H groups in total. The molecule has 4 aromatic rings. The van der Waals surface area contributed by atoms with Gasteiger partial charge in [-0.2, -0.15) is 26.3 Å². The van der Waals surface area contributed by atoms with Crippen LogP contribution in [0.5, 0.6) is 0 Å². The number of pyridine rings is 1. The van der Waals surface area contributed by atoms with Gasteiger partial charge in [0.1, 0.15) is 0 Å². The minimum absolute atomic E-state index is 0.0797. The number of ether oxygens (including phenoxy) is 1. The Labute approximate surface area is 208 Å². The summed E-state index contributed by atoms with van der Waals surface area (Å²) in [7, 11) is 1.57. The maximum atomic E-state index is 13.2. The first-order chi connectivity index (χ1) is 17.4. The van der Waals surface area contributed by atoms with Gasteiger partial charge in [0.05, 0.1) is 30.0 Å². The molecule has 9 heteroatoms. The zero-order valence-corrected chi connectivity index (χ0v) is 20.0. The van der Waals surface area contributed by atoms with E-state index in [4.69, 9.17) is 4.74 Å². The molecule has 0 aliphatic heterocycles. The Hall–Kier alpha value is -3.59. The molecule has 3 aromatic carbocycles. The van der Waals surface area contributed by atoms with Crippen molar-refractivity contribution in [1.29, 1.82) is 0 Å². The van der Waals surface area contributed by atoms with Gasteiger partial charge in [0.2, 0.25) is 0 Å². The molecule has 0 fully saturated rings. The fraction of sp³-hybridized carbons (Fsp3) is 0.250. The van der Waals surface area contributed by atoms with E-state index in [1.165, 1.54) is 4.57 Å². The van der Waals surface area contributed by atoms with Crippen LogP contribution in [0, 0.1) is 0 Å². The summed E-state index contributed by atoms with van der Waals surface area (Å²) < 4.78 is 86.5. The molecule has 3 nitrogen and oxygen atoms in total. The van der Waals surface area contributed by atoms with E-state index in [0.717, 1.165) is 16.7 Å². The summed E-state index contributed by atoms with van der Waals surface area (Å²) in [4.78, 5) is 13.1. The molecule has 0 unspecified atom stereocenters. The van der Waals surface area contributed by atoms with Crippen molar-refractivity contribution in [2.75, 3.05) is 0 Å². The minimum Gasteiger partial charge on any atom is -0.371 e. The monoisotopic (exact) mass is 519 g/mol. The second-order valence-corrected chi connectivity index (χ2v) is 8.65. The largest absolute Gasteiger partial charge is 0.416 e. The highest BCUT2D eigenvalue weighted by Gasteiger charge is 2.36. The lowest BCUT2D eigenvalue weighted by Crippen LogP contribution is -2.22. The van der Waals surface area contributed by atoms with E-state index in [2.05, 4.69) is 0 Å². The maximum Gasteiger partial charge on any atom is 0.416 e. The highest BCUT2D eigenvalue weighted by atomic mass is 19.4. The molecule has 37 heavy (non-hydrogen) atoms. The van der Waals surface area contributed by atoms with Crippen molar-refractivity contribution in [2.24, 2.45) is 7.05 Å². The van der Waals surface area contributed by atoms with Crippen molar-refractivity contribution in [3.05, 3.63) is 105 Å². The van der Waals surface area contributed by atoms with Crippen molar-refractivity contribution in [3.8, 4) is 11.1 Å². The lowest BCUT2D eigenvalue weighted by Gasteiger charge is -2.20. The van der Waals surface area contributed by atoms with E-state index in [1.807, 2.05) is 37.3 Å². The zero-order chi connectivity index (χ0) is 27.0. The third-order valence-corrected chi connectivity index (χ3v) is 6.25. The average Bonchev–Trinajstić information content (AvgIpc) is 2.86. The average molecular weight is 519 g/mol. The summed E-state index contributed by atoms with van der Waals surface area (Å²) >= 11 is 0. The number of benzene rings is 3. The van der Waals surface area contributed by atoms with Crippen LogP contribution >= 0.6 is 0 Å². The third kappa shape index (κ3) is 5.41. The quantitative estimate of drug-likeness (QED) is 0.247. The number of rotatable bonds is 6. The second-order valence-electron chi connectivity index (χ2n) is 8.65. The lowest BCUT2D eigenvalue weighted by molar-refractivity contribution is -0.143. The van der Waals surface area contributed by atoms with Crippen LogP contribution in [-0.2, 0) is 43.8 Å². The van der Waals surface area contributed by atoms with Crippen LogP contribution in [0.4, 0.5) is 26.3 Å². The van der Waals surface area contributed by atoms with Gasteiger partial charge in [-0.1, -0.05) is 49.4 Å². The van der Waals surface area contributed by atoms with Crippen LogP contribution in [0.3, 0.4) is 0 Å². The molecule has 0 spiro atoms. The fourth-order valence-corrected chi connectivity index (χ4v) is 4.42. The number of aromatic nitrogens is 1. The molecule has 0 radical (unpaired) electrons.